The van der Waals surface area contributed by atoms with Crippen molar-refractivity contribution < 1.29 is 50.0 Å². The van der Waals surface area contributed by atoms with Crippen LogP contribution in [0.1, 0.15) is 92.9 Å². The molecule has 0 radical (unpaired) electrons. The molecular formula is C36H58O10. The summed E-state index contributed by atoms with van der Waals surface area (Å²) < 4.78 is 11.5. The van der Waals surface area contributed by atoms with Gasteiger partial charge in [-0.05, 0) is 97.2 Å². The van der Waals surface area contributed by atoms with E-state index in [9.17, 15) is 40.5 Å². The monoisotopic (exact) mass is 650 g/mol. The second-order valence-corrected chi connectivity index (χ2v) is 17.3. The maximum absolute atomic E-state index is 14.4. The summed E-state index contributed by atoms with van der Waals surface area (Å²) in [4.78, 5) is 14.4. The lowest BCUT2D eigenvalue weighted by molar-refractivity contribution is -0.297. The van der Waals surface area contributed by atoms with Crippen LogP contribution in [-0.4, -0.2) is 97.8 Å². The number of carbonyl (C=O) groups is 1. The molecule has 46 heavy (non-hydrogen) atoms. The zero-order chi connectivity index (χ0) is 33.8. The molecule has 0 aromatic carbocycles. The number of allylic oxidation sites excluding steroid dienone is 2. The summed E-state index contributed by atoms with van der Waals surface area (Å²) >= 11 is 0. The van der Waals surface area contributed by atoms with Crippen LogP contribution in [0, 0.1) is 56.7 Å². The SMILES string of the molecule is C[C@H]1[C@H](C)CC[C@]2(C(=O)O[C@@H]3O[C@H](CO)[C@@H](O)[C@H](O)[C@H]3O)CC[C@]3(C)C(=CC[C@@H]4[C@@]5(C)C[C@@H](O)[C@H](O)[C@@](C)(CO)[C@@H]5CC[C@]43C)[C@H]12. The molecule has 0 amide bonds. The largest absolute Gasteiger partial charge is 0.432 e. The summed E-state index contributed by atoms with van der Waals surface area (Å²) in [5.74, 6) is 0.265. The van der Waals surface area contributed by atoms with Crippen LogP contribution in [0.25, 0.3) is 0 Å². The highest BCUT2D eigenvalue weighted by Gasteiger charge is 2.71. The lowest BCUT2D eigenvalue weighted by atomic mass is 9.33. The van der Waals surface area contributed by atoms with E-state index in [-0.39, 0.29) is 46.5 Å². The Bertz CT molecular complexity index is 1220. The molecule has 0 bridgehead atoms. The van der Waals surface area contributed by atoms with E-state index in [1.165, 1.54) is 5.57 Å². The van der Waals surface area contributed by atoms with E-state index < -0.39 is 66.3 Å². The highest BCUT2D eigenvalue weighted by molar-refractivity contribution is 5.79. The molecule has 6 rings (SSSR count). The summed E-state index contributed by atoms with van der Waals surface area (Å²) in [5.41, 5.74) is -1.01. The van der Waals surface area contributed by atoms with Gasteiger partial charge in [-0.25, -0.2) is 0 Å². The van der Waals surface area contributed by atoms with Crippen LogP contribution in [0.15, 0.2) is 11.6 Å². The van der Waals surface area contributed by atoms with Crippen molar-refractivity contribution in [1.29, 1.82) is 0 Å². The molecule has 4 saturated carbocycles. The molecule has 0 aromatic heterocycles. The van der Waals surface area contributed by atoms with Crippen molar-refractivity contribution in [3.63, 3.8) is 0 Å². The van der Waals surface area contributed by atoms with Crippen molar-refractivity contribution in [2.24, 2.45) is 56.7 Å². The van der Waals surface area contributed by atoms with Gasteiger partial charge in [0.2, 0.25) is 6.29 Å². The van der Waals surface area contributed by atoms with Crippen LogP contribution in [0.4, 0.5) is 0 Å². The van der Waals surface area contributed by atoms with Gasteiger partial charge in [-0.3, -0.25) is 4.79 Å². The van der Waals surface area contributed by atoms with E-state index in [1.807, 2.05) is 6.92 Å². The number of ether oxygens (including phenoxy) is 2. The molecule has 1 aliphatic heterocycles. The van der Waals surface area contributed by atoms with Crippen molar-refractivity contribution in [3.8, 4) is 0 Å². The van der Waals surface area contributed by atoms with Crippen LogP contribution in [-0.2, 0) is 14.3 Å². The first kappa shape index (κ1) is 34.7. The first-order valence-electron chi connectivity index (χ1n) is 17.7. The highest BCUT2D eigenvalue weighted by Crippen LogP contribution is 2.75. The summed E-state index contributed by atoms with van der Waals surface area (Å²) in [6, 6.07) is 0. The molecule has 7 N–H and O–H groups in total. The van der Waals surface area contributed by atoms with Crippen molar-refractivity contribution in [1.82, 2.24) is 0 Å². The third-order valence-electron chi connectivity index (χ3n) is 15.6. The molecular weight excluding hydrogens is 592 g/mol. The smallest absolute Gasteiger partial charge is 0.315 e. The summed E-state index contributed by atoms with van der Waals surface area (Å²) in [7, 11) is 0. The van der Waals surface area contributed by atoms with E-state index in [1.54, 1.807) is 0 Å². The second kappa shape index (κ2) is 11.5. The Morgan fingerprint density at radius 3 is 2.26 bits per heavy atom. The van der Waals surface area contributed by atoms with Gasteiger partial charge < -0.3 is 45.2 Å². The molecule has 10 heteroatoms. The molecule has 1 heterocycles. The van der Waals surface area contributed by atoms with Gasteiger partial charge in [-0.2, -0.15) is 0 Å². The maximum atomic E-state index is 14.4. The van der Waals surface area contributed by atoms with Crippen LogP contribution in [0.5, 0.6) is 0 Å². The van der Waals surface area contributed by atoms with Crippen molar-refractivity contribution in [2.45, 2.75) is 136 Å². The van der Waals surface area contributed by atoms with E-state index >= 15 is 0 Å². The molecule has 262 valence electrons. The van der Waals surface area contributed by atoms with E-state index in [2.05, 4.69) is 40.7 Å². The average molecular weight is 651 g/mol. The minimum absolute atomic E-state index is 0.0600. The molecule has 0 aromatic rings. The molecule has 10 nitrogen and oxygen atoms in total. The first-order chi connectivity index (χ1) is 21.5. The summed E-state index contributed by atoms with van der Waals surface area (Å²) in [6.45, 7) is 12.7. The van der Waals surface area contributed by atoms with Gasteiger partial charge in [-0.15, -0.1) is 0 Å². The van der Waals surface area contributed by atoms with Gasteiger partial charge in [0.25, 0.3) is 0 Å². The Labute approximate surface area is 273 Å². The number of hydrogen-bond acceptors (Lipinski definition) is 10. The van der Waals surface area contributed by atoms with Crippen LogP contribution in [0.2, 0.25) is 0 Å². The lowest BCUT2D eigenvalue weighted by Crippen LogP contribution is -2.68. The van der Waals surface area contributed by atoms with Crippen LogP contribution in [0.3, 0.4) is 0 Å². The number of aliphatic hydroxyl groups excluding tert-OH is 7. The number of rotatable bonds is 4. The van der Waals surface area contributed by atoms with Crippen molar-refractivity contribution >= 4 is 5.97 Å². The Balaban J connectivity index is 1.37. The zero-order valence-corrected chi connectivity index (χ0v) is 28.4. The summed E-state index contributed by atoms with van der Waals surface area (Å²) in [5, 5.41) is 73.8. The first-order valence-corrected chi connectivity index (χ1v) is 17.7. The average Bonchev–Trinajstić information content (AvgIpc) is 3.02. The van der Waals surface area contributed by atoms with Crippen molar-refractivity contribution in [3.05, 3.63) is 11.6 Å². The van der Waals surface area contributed by atoms with Gasteiger partial charge in [0, 0.05) is 5.41 Å². The van der Waals surface area contributed by atoms with Gasteiger partial charge in [0.05, 0.1) is 30.8 Å². The third-order valence-corrected chi connectivity index (χ3v) is 15.6. The van der Waals surface area contributed by atoms with E-state index in [0.29, 0.717) is 25.2 Å². The minimum atomic E-state index is -1.65. The van der Waals surface area contributed by atoms with E-state index in [4.69, 9.17) is 9.47 Å². The molecule has 5 aliphatic carbocycles. The standard InChI is InChI=1S/C36H58O10/c1-18-9-12-36(31(44)46-30-28(42)27(41)26(40)22(16-37)45-30)14-13-34(5)20(25(36)19(18)2)7-8-24-32(3)15-21(39)29(43)33(4,17-38)23(32)10-11-35(24,34)6/h7,18-19,21-30,37-43H,8-17H2,1-6H3/t18-,19+,21-,22-,23-,24-,25+,26-,27+,28-,29+,30+,32+,33+,34-,35-,36+/m1/s1. The number of esters is 1. The topological polar surface area (TPSA) is 177 Å². The molecule has 6 aliphatic rings. The van der Waals surface area contributed by atoms with Crippen LogP contribution < -0.4 is 0 Å². The fraction of sp³-hybridized carbons (Fsp3) is 0.917. The number of hydrogen-bond donors (Lipinski definition) is 7. The lowest BCUT2D eigenvalue weighted by Gasteiger charge is -2.71. The predicted molar refractivity (Wildman–Crippen MR) is 168 cm³/mol. The molecule has 0 spiro atoms. The predicted octanol–water partition coefficient (Wildman–Crippen LogP) is 2.29. The zero-order valence-electron chi connectivity index (χ0n) is 28.4. The molecule has 17 atom stereocenters. The Hall–Kier alpha value is -1.11. The summed E-state index contributed by atoms with van der Waals surface area (Å²) in [6.07, 6.45) is -1.11. The number of aliphatic hydroxyl groups is 7. The molecule has 5 fully saturated rings. The minimum Gasteiger partial charge on any atom is -0.432 e. The van der Waals surface area contributed by atoms with Gasteiger partial charge in [0.15, 0.2) is 0 Å². The highest BCUT2D eigenvalue weighted by atomic mass is 16.7. The third kappa shape index (κ3) is 4.46. The Morgan fingerprint density at radius 1 is 0.913 bits per heavy atom. The van der Waals surface area contributed by atoms with E-state index in [0.717, 1.165) is 32.1 Å². The quantitative estimate of drug-likeness (QED) is 0.177. The Kier molecular flexibility index (Phi) is 8.66. The van der Waals surface area contributed by atoms with Gasteiger partial charge >= 0.3 is 5.97 Å². The normalized spacial score (nSPS) is 56.8. The number of carbonyl (C=O) groups excluding carboxylic acids is 1. The van der Waals surface area contributed by atoms with Gasteiger partial charge in [-0.1, -0.05) is 53.2 Å². The maximum Gasteiger partial charge on any atom is 0.315 e. The Morgan fingerprint density at radius 2 is 1.61 bits per heavy atom. The fourth-order valence-electron chi connectivity index (χ4n) is 12.4. The van der Waals surface area contributed by atoms with Crippen molar-refractivity contribution in [2.75, 3.05) is 13.2 Å². The number of fused-ring (bicyclic) bond motifs is 7. The van der Waals surface area contributed by atoms with Crippen LogP contribution >= 0.6 is 0 Å². The second-order valence-electron chi connectivity index (χ2n) is 17.3. The molecule has 1 saturated heterocycles. The van der Waals surface area contributed by atoms with Gasteiger partial charge in [0.1, 0.15) is 24.4 Å². The molecule has 0 unspecified atom stereocenters. The fourth-order valence-corrected chi connectivity index (χ4v) is 12.4.